The molecule has 0 saturated heterocycles. The Kier molecular flexibility index (Phi) is 4.18. The maximum atomic E-state index is 4.08. The van der Waals surface area contributed by atoms with Gasteiger partial charge in [-0.15, -0.1) is 12.4 Å². The molecular formula is C11H14ClN3. The van der Waals surface area contributed by atoms with Gasteiger partial charge >= 0.3 is 0 Å². The number of nitrogens with zero attached hydrogens (tertiary/aromatic N) is 2. The van der Waals surface area contributed by atoms with E-state index < -0.39 is 0 Å². The van der Waals surface area contributed by atoms with E-state index in [1.807, 2.05) is 37.6 Å². The second kappa shape index (κ2) is 5.41. The van der Waals surface area contributed by atoms with Gasteiger partial charge in [-0.1, -0.05) is 30.3 Å². The van der Waals surface area contributed by atoms with E-state index in [4.69, 9.17) is 0 Å². The van der Waals surface area contributed by atoms with Crippen molar-refractivity contribution in [2.45, 2.75) is 6.54 Å². The van der Waals surface area contributed by atoms with Gasteiger partial charge in [0.25, 0.3) is 0 Å². The van der Waals surface area contributed by atoms with Crippen LogP contribution in [0.2, 0.25) is 0 Å². The minimum absolute atomic E-state index is 0. The van der Waals surface area contributed by atoms with Crippen LogP contribution >= 0.6 is 12.4 Å². The Morgan fingerprint density at radius 3 is 2.60 bits per heavy atom. The topological polar surface area (TPSA) is 29.9 Å². The van der Waals surface area contributed by atoms with Gasteiger partial charge in [0, 0.05) is 19.8 Å². The van der Waals surface area contributed by atoms with Gasteiger partial charge in [0.2, 0.25) is 0 Å². The molecule has 0 unspecified atom stereocenters. The summed E-state index contributed by atoms with van der Waals surface area (Å²) < 4.78 is 1.79. The highest BCUT2D eigenvalue weighted by Gasteiger charge is 1.94. The molecule has 0 aliphatic heterocycles. The van der Waals surface area contributed by atoms with E-state index in [1.165, 1.54) is 5.56 Å². The summed E-state index contributed by atoms with van der Waals surface area (Å²) in [5, 5.41) is 7.38. The highest BCUT2D eigenvalue weighted by atomic mass is 35.5. The number of benzene rings is 1. The normalized spacial score (nSPS) is 9.40. The minimum Gasteiger partial charge on any atom is -0.378 e. The quantitative estimate of drug-likeness (QED) is 0.867. The Morgan fingerprint density at radius 2 is 2.00 bits per heavy atom. The maximum Gasteiger partial charge on any atom is 0.0729 e. The monoisotopic (exact) mass is 223 g/mol. The summed E-state index contributed by atoms with van der Waals surface area (Å²) >= 11 is 0. The highest BCUT2D eigenvalue weighted by Crippen LogP contribution is 2.06. The molecule has 0 saturated carbocycles. The fourth-order valence-electron chi connectivity index (χ4n) is 1.31. The van der Waals surface area contributed by atoms with Crippen molar-refractivity contribution in [3.05, 3.63) is 48.3 Å². The summed E-state index contributed by atoms with van der Waals surface area (Å²) in [5.74, 6) is 0. The second-order valence-electron chi connectivity index (χ2n) is 3.24. The third-order valence-electron chi connectivity index (χ3n) is 2.04. The van der Waals surface area contributed by atoms with Gasteiger partial charge in [-0.25, -0.2) is 0 Å². The van der Waals surface area contributed by atoms with Gasteiger partial charge in [0.1, 0.15) is 0 Å². The highest BCUT2D eigenvalue weighted by molar-refractivity contribution is 5.85. The molecule has 3 nitrogen and oxygen atoms in total. The summed E-state index contributed by atoms with van der Waals surface area (Å²) in [7, 11) is 1.91. The molecule has 15 heavy (non-hydrogen) atoms. The first-order valence-electron chi connectivity index (χ1n) is 4.61. The molecule has 1 aromatic heterocycles. The Bertz CT molecular complexity index is 397. The van der Waals surface area contributed by atoms with Gasteiger partial charge in [-0.3, -0.25) is 4.68 Å². The Labute approximate surface area is 95.5 Å². The van der Waals surface area contributed by atoms with Gasteiger partial charge in [-0.2, -0.15) is 5.10 Å². The van der Waals surface area contributed by atoms with Crippen LogP contribution in [0.15, 0.2) is 42.7 Å². The third-order valence-corrected chi connectivity index (χ3v) is 2.04. The number of halogens is 1. The number of anilines is 1. The third kappa shape index (κ3) is 3.29. The lowest BCUT2D eigenvalue weighted by molar-refractivity contribution is 0.768. The molecule has 1 heterocycles. The van der Waals surface area contributed by atoms with Crippen LogP contribution in [0.1, 0.15) is 5.56 Å². The Hall–Kier alpha value is -1.48. The number of hydrogen-bond acceptors (Lipinski definition) is 2. The lowest BCUT2D eigenvalue weighted by Crippen LogP contribution is -1.97. The lowest BCUT2D eigenvalue weighted by atomic mass is 10.2. The number of hydrogen-bond donors (Lipinski definition) is 1. The number of rotatable bonds is 3. The zero-order valence-corrected chi connectivity index (χ0v) is 9.37. The standard InChI is InChI=1S/C11H13N3.ClH/c1-14-9-11(8-13-14)12-7-10-5-3-2-4-6-10;/h2-6,8-9,12H,7H2,1H3;1H. The van der Waals surface area contributed by atoms with Crippen LogP contribution in [0.3, 0.4) is 0 Å². The molecule has 2 rings (SSSR count). The number of aromatic nitrogens is 2. The molecule has 1 N–H and O–H groups in total. The molecule has 2 aromatic rings. The summed E-state index contributed by atoms with van der Waals surface area (Å²) in [6.45, 7) is 0.840. The van der Waals surface area contributed by atoms with Gasteiger partial charge < -0.3 is 5.32 Å². The van der Waals surface area contributed by atoms with Crippen LogP contribution in [0.5, 0.6) is 0 Å². The molecule has 0 aliphatic carbocycles. The predicted octanol–water partition coefficient (Wildman–Crippen LogP) is 2.45. The van der Waals surface area contributed by atoms with Crippen molar-refractivity contribution < 1.29 is 0 Å². The summed E-state index contributed by atoms with van der Waals surface area (Å²) in [6.07, 6.45) is 3.78. The second-order valence-corrected chi connectivity index (χ2v) is 3.24. The predicted molar refractivity (Wildman–Crippen MR) is 64.2 cm³/mol. The zero-order chi connectivity index (χ0) is 9.80. The van der Waals surface area contributed by atoms with E-state index in [2.05, 4.69) is 22.5 Å². The Balaban J connectivity index is 0.00000112. The van der Waals surface area contributed by atoms with Crippen molar-refractivity contribution in [1.29, 1.82) is 0 Å². The Morgan fingerprint density at radius 1 is 1.27 bits per heavy atom. The first kappa shape index (κ1) is 11.6. The van der Waals surface area contributed by atoms with E-state index in [1.54, 1.807) is 4.68 Å². The maximum absolute atomic E-state index is 4.08. The molecule has 80 valence electrons. The summed E-state index contributed by atoms with van der Waals surface area (Å²) in [6, 6.07) is 10.3. The largest absolute Gasteiger partial charge is 0.378 e. The molecule has 1 aromatic carbocycles. The van der Waals surface area contributed by atoms with Crippen LogP contribution in [-0.2, 0) is 13.6 Å². The van der Waals surface area contributed by atoms with Crippen molar-refractivity contribution in [1.82, 2.24) is 9.78 Å². The molecule has 0 aliphatic rings. The van der Waals surface area contributed by atoms with E-state index in [0.717, 1.165) is 12.2 Å². The molecular weight excluding hydrogens is 210 g/mol. The van der Waals surface area contributed by atoms with E-state index >= 15 is 0 Å². The van der Waals surface area contributed by atoms with Crippen molar-refractivity contribution in [3.8, 4) is 0 Å². The van der Waals surface area contributed by atoms with Crippen molar-refractivity contribution in [2.24, 2.45) is 7.05 Å². The molecule has 0 atom stereocenters. The molecule has 0 spiro atoms. The van der Waals surface area contributed by atoms with E-state index in [9.17, 15) is 0 Å². The smallest absolute Gasteiger partial charge is 0.0729 e. The van der Waals surface area contributed by atoms with Gasteiger partial charge in [0.15, 0.2) is 0 Å². The van der Waals surface area contributed by atoms with Crippen LogP contribution in [0.25, 0.3) is 0 Å². The van der Waals surface area contributed by atoms with E-state index in [0.29, 0.717) is 0 Å². The van der Waals surface area contributed by atoms with Crippen molar-refractivity contribution in [2.75, 3.05) is 5.32 Å². The first-order chi connectivity index (χ1) is 6.84. The zero-order valence-electron chi connectivity index (χ0n) is 8.55. The van der Waals surface area contributed by atoms with Gasteiger partial charge in [0.05, 0.1) is 11.9 Å². The molecule has 0 bridgehead atoms. The van der Waals surface area contributed by atoms with Gasteiger partial charge in [-0.05, 0) is 5.56 Å². The SMILES string of the molecule is Cl.Cn1cc(NCc2ccccc2)cn1. The average Bonchev–Trinajstić information content (AvgIpc) is 2.63. The van der Waals surface area contributed by atoms with Crippen LogP contribution < -0.4 is 5.32 Å². The fraction of sp³-hybridized carbons (Fsp3) is 0.182. The number of aryl methyl sites for hydroxylation is 1. The fourth-order valence-corrected chi connectivity index (χ4v) is 1.31. The summed E-state index contributed by atoms with van der Waals surface area (Å²) in [4.78, 5) is 0. The molecule has 0 radical (unpaired) electrons. The van der Waals surface area contributed by atoms with Crippen LogP contribution in [-0.4, -0.2) is 9.78 Å². The van der Waals surface area contributed by atoms with Crippen LogP contribution in [0.4, 0.5) is 5.69 Å². The lowest BCUT2D eigenvalue weighted by Gasteiger charge is -2.02. The molecule has 4 heteroatoms. The van der Waals surface area contributed by atoms with Crippen molar-refractivity contribution >= 4 is 18.1 Å². The first-order valence-corrected chi connectivity index (χ1v) is 4.61. The van der Waals surface area contributed by atoms with E-state index in [-0.39, 0.29) is 12.4 Å². The number of nitrogens with one attached hydrogen (secondary N) is 1. The van der Waals surface area contributed by atoms with Crippen molar-refractivity contribution in [3.63, 3.8) is 0 Å². The summed E-state index contributed by atoms with van der Waals surface area (Å²) in [5.41, 5.74) is 2.33. The minimum atomic E-state index is 0. The molecule has 0 fully saturated rings. The molecule has 0 amide bonds. The van der Waals surface area contributed by atoms with Crippen LogP contribution in [0, 0.1) is 0 Å². The average molecular weight is 224 g/mol.